The summed E-state index contributed by atoms with van der Waals surface area (Å²) in [7, 11) is -3.44. The maximum absolute atomic E-state index is 12.6. The van der Waals surface area contributed by atoms with Gasteiger partial charge in [-0.3, -0.25) is 9.36 Å². The molecule has 0 saturated carbocycles. The number of nitrogens with zero attached hydrogens (tertiary/aromatic N) is 2. The lowest BCUT2D eigenvalue weighted by Crippen LogP contribution is -2.33. The molecule has 0 atom stereocenters. The van der Waals surface area contributed by atoms with Gasteiger partial charge in [0.15, 0.2) is 9.84 Å². The number of rotatable bonds is 6. The molecule has 0 fully saturated rings. The van der Waals surface area contributed by atoms with E-state index in [0.717, 1.165) is 6.26 Å². The van der Waals surface area contributed by atoms with E-state index in [2.05, 4.69) is 4.98 Å². The van der Waals surface area contributed by atoms with Crippen LogP contribution in [0.1, 0.15) is 10.5 Å². The van der Waals surface area contributed by atoms with Gasteiger partial charge in [0.1, 0.15) is 18.1 Å². The normalized spacial score (nSPS) is 12.0. The van der Waals surface area contributed by atoms with E-state index in [1.807, 2.05) is 0 Å². The van der Waals surface area contributed by atoms with Crippen LogP contribution in [0.5, 0.6) is 0 Å². The zero-order chi connectivity index (χ0) is 27.8. The molecule has 3 aromatic carbocycles. The van der Waals surface area contributed by atoms with Crippen LogP contribution >= 0.6 is 34.8 Å². The molecule has 0 aliphatic rings. The fourth-order valence-electron chi connectivity index (χ4n) is 3.62. The molecule has 4 aromatic rings. The molecule has 0 bridgehead atoms. The smallest absolute Gasteiger partial charge is 0.342 e. The predicted molar refractivity (Wildman–Crippen MR) is 141 cm³/mol. The fraction of sp³-hybridized carbons (Fsp3) is 0.120. The number of aromatic nitrogens is 2. The number of carbonyl (C=O) groups excluding carboxylic acids is 1. The number of alkyl halides is 3. The molecule has 1 aromatic heterocycles. The fourth-order valence-corrected chi connectivity index (χ4v) is 5.13. The monoisotopic (exact) mass is 601 g/mol. The third-order valence-electron chi connectivity index (χ3n) is 5.38. The van der Waals surface area contributed by atoms with Crippen molar-refractivity contribution in [1.29, 1.82) is 0 Å². The lowest BCUT2D eigenvalue weighted by atomic mass is 10.1. The second kappa shape index (κ2) is 10.6. The van der Waals surface area contributed by atoms with Gasteiger partial charge in [0.2, 0.25) is 0 Å². The summed E-state index contributed by atoms with van der Waals surface area (Å²) in [5.74, 6) is -0.984. The van der Waals surface area contributed by atoms with E-state index in [1.54, 1.807) is 53.8 Å². The minimum absolute atomic E-state index is 0.0754. The Morgan fingerprint density at radius 2 is 1.58 bits per heavy atom. The number of hydrogen-bond donors (Lipinski definition) is 1. The predicted octanol–water partition coefficient (Wildman–Crippen LogP) is 6.86. The first-order chi connectivity index (χ1) is 17.7. The van der Waals surface area contributed by atoms with Gasteiger partial charge in [-0.1, -0.05) is 59.1 Å². The zero-order valence-corrected chi connectivity index (χ0v) is 22.4. The number of amides is 1. The summed E-state index contributed by atoms with van der Waals surface area (Å²) in [6, 6.07) is 15.9. The van der Waals surface area contributed by atoms with Crippen molar-refractivity contribution in [2.45, 2.75) is 11.1 Å². The van der Waals surface area contributed by atoms with Crippen LogP contribution in [-0.2, 0) is 9.84 Å². The average Bonchev–Trinajstić information content (AvgIpc) is 3.26. The number of imidazole rings is 1. The number of benzene rings is 3. The summed E-state index contributed by atoms with van der Waals surface area (Å²) in [6.07, 6.45) is -2.28. The van der Waals surface area contributed by atoms with Gasteiger partial charge in [0, 0.05) is 12.5 Å². The molecule has 198 valence electrons. The van der Waals surface area contributed by atoms with Gasteiger partial charge < -0.3 is 5.32 Å². The van der Waals surface area contributed by atoms with Crippen molar-refractivity contribution >= 4 is 50.5 Å². The van der Waals surface area contributed by atoms with Crippen LogP contribution in [-0.4, -0.2) is 42.9 Å². The minimum atomic E-state index is -4.61. The maximum Gasteiger partial charge on any atom is 0.405 e. The molecule has 0 unspecified atom stereocenters. The van der Waals surface area contributed by atoms with E-state index < -0.39 is 28.5 Å². The van der Waals surface area contributed by atoms with Crippen LogP contribution in [0.15, 0.2) is 71.8 Å². The third-order valence-corrected chi connectivity index (χ3v) is 7.42. The van der Waals surface area contributed by atoms with E-state index in [4.69, 9.17) is 34.8 Å². The number of halogens is 6. The van der Waals surface area contributed by atoms with Gasteiger partial charge in [-0.05, 0) is 47.5 Å². The molecule has 13 heteroatoms. The molecule has 6 nitrogen and oxygen atoms in total. The lowest BCUT2D eigenvalue weighted by Gasteiger charge is -2.13. The first-order valence-corrected chi connectivity index (χ1v) is 13.8. The van der Waals surface area contributed by atoms with Crippen molar-refractivity contribution in [2.24, 2.45) is 0 Å². The van der Waals surface area contributed by atoms with E-state index in [1.165, 1.54) is 22.9 Å². The highest BCUT2D eigenvalue weighted by Gasteiger charge is 2.29. The average molecular weight is 603 g/mol. The zero-order valence-electron chi connectivity index (χ0n) is 19.4. The van der Waals surface area contributed by atoms with E-state index in [0.29, 0.717) is 16.8 Å². The number of nitrogens with one attached hydrogen (secondary N) is 1. The second-order valence-electron chi connectivity index (χ2n) is 8.18. The van der Waals surface area contributed by atoms with E-state index >= 15 is 0 Å². The Balaban J connectivity index is 1.83. The van der Waals surface area contributed by atoms with Crippen molar-refractivity contribution in [3.63, 3.8) is 0 Å². The topological polar surface area (TPSA) is 81.1 Å². The van der Waals surface area contributed by atoms with Gasteiger partial charge in [-0.2, -0.15) is 13.2 Å². The molecule has 0 spiro atoms. The molecule has 4 rings (SSSR count). The molecule has 0 radical (unpaired) electrons. The Labute approximate surface area is 230 Å². The Morgan fingerprint density at radius 1 is 0.947 bits per heavy atom. The first-order valence-electron chi connectivity index (χ1n) is 10.7. The third kappa shape index (κ3) is 6.15. The molecule has 1 N–H and O–H groups in total. The van der Waals surface area contributed by atoms with Crippen molar-refractivity contribution in [3.8, 4) is 28.2 Å². The summed E-state index contributed by atoms with van der Waals surface area (Å²) in [6.45, 7) is -1.54. The number of hydrogen-bond acceptors (Lipinski definition) is 4. The van der Waals surface area contributed by atoms with Crippen LogP contribution < -0.4 is 5.32 Å². The largest absolute Gasteiger partial charge is 0.405 e. The molecule has 1 amide bonds. The number of sulfone groups is 1. The molecule has 0 saturated heterocycles. The van der Waals surface area contributed by atoms with Crippen LogP contribution in [0.2, 0.25) is 15.1 Å². The highest BCUT2D eigenvalue weighted by molar-refractivity contribution is 7.90. The summed E-state index contributed by atoms with van der Waals surface area (Å²) < 4.78 is 63.2. The second-order valence-corrected chi connectivity index (χ2v) is 11.4. The van der Waals surface area contributed by atoms with Gasteiger partial charge >= 0.3 is 6.18 Å². The molecule has 0 aliphatic carbocycles. The minimum Gasteiger partial charge on any atom is -0.342 e. The highest BCUT2D eigenvalue weighted by atomic mass is 35.5. The van der Waals surface area contributed by atoms with Crippen molar-refractivity contribution < 1.29 is 26.4 Å². The van der Waals surface area contributed by atoms with Crippen LogP contribution in [0, 0.1) is 0 Å². The van der Waals surface area contributed by atoms with E-state index in [9.17, 15) is 26.4 Å². The van der Waals surface area contributed by atoms with Crippen LogP contribution in [0.3, 0.4) is 0 Å². The number of carbonyl (C=O) groups is 1. The van der Waals surface area contributed by atoms with Crippen molar-refractivity contribution in [2.75, 3.05) is 12.8 Å². The van der Waals surface area contributed by atoms with Gasteiger partial charge in [0.25, 0.3) is 5.91 Å². The van der Waals surface area contributed by atoms with Crippen molar-refractivity contribution in [3.05, 3.63) is 87.6 Å². The Kier molecular flexibility index (Phi) is 7.81. The van der Waals surface area contributed by atoms with Crippen molar-refractivity contribution in [1.82, 2.24) is 14.9 Å². The highest BCUT2D eigenvalue weighted by Crippen LogP contribution is 2.37. The molecule has 0 aliphatic heterocycles. The van der Waals surface area contributed by atoms with E-state index in [-0.39, 0.29) is 37.0 Å². The summed E-state index contributed by atoms with van der Waals surface area (Å²) >= 11 is 19.3. The SMILES string of the molecule is CS(=O)(=O)c1cccc(-c2ccc(-n3cc(C(=O)NCC(F)(F)F)nc3-c3c(Cl)cccc3Cl)c(Cl)c2)c1. The molecular weight excluding hydrogens is 586 g/mol. The van der Waals surface area contributed by atoms with Gasteiger partial charge in [-0.15, -0.1) is 0 Å². The Hall–Kier alpha value is -3.05. The Bertz CT molecular complexity index is 1630. The lowest BCUT2D eigenvalue weighted by molar-refractivity contribution is -0.123. The molecule has 38 heavy (non-hydrogen) atoms. The quantitative estimate of drug-likeness (QED) is 0.261. The summed E-state index contributed by atoms with van der Waals surface area (Å²) in [5.41, 5.74) is 1.44. The molecule has 1 heterocycles. The van der Waals surface area contributed by atoms with Crippen LogP contribution in [0.25, 0.3) is 28.2 Å². The standard InChI is InChI=1S/C25H17Cl3F3N3O3S/c1-38(36,37)16-5-2-4-14(10-16)15-8-9-21(19(28)11-15)34-12-20(24(35)32-13-25(29,30)31)33-23(34)22-17(26)6-3-7-18(22)27/h2-12H,13H2,1H3,(H,32,35). The molecular formula is C25H17Cl3F3N3O3S. The first kappa shape index (κ1) is 28.0. The van der Waals surface area contributed by atoms with Gasteiger partial charge in [0.05, 0.1) is 31.2 Å². The van der Waals surface area contributed by atoms with Crippen LogP contribution in [0.4, 0.5) is 13.2 Å². The van der Waals surface area contributed by atoms with Gasteiger partial charge in [-0.25, -0.2) is 13.4 Å². The summed E-state index contributed by atoms with van der Waals surface area (Å²) in [4.78, 5) is 16.9. The maximum atomic E-state index is 12.6. The Morgan fingerprint density at radius 3 is 2.18 bits per heavy atom. The summed E-state index contributed by atoms with van der Waals surface area (Å²) in [5, 5.41) is 2.35.